The Morgan fingerprint density at radius 1 is 1.17 bits per heavy atom. The molecule has 0 saturated heterocycles. The third kappa shape index (κ3) is 4.34. The Hall–Kier alpha value is -1.89. The van der Waals surface area contributed by atoms with Gasteiger partial charge in [-0.25, -0.2) is 0 Å². The molecule has 0 aromatic carbocycles. The van der Waals surface area contributed by atoms with Crippen molar-refractivity contribution < 1.29 is 19.5 Å². The summed E-state index contributed by atoms with van der Waals surface area (Å²) < 4.78 is 0. The molecule has 29 heavy (non-hydrogen) atoms. The molecule has 0 bridgehead atoms. The van der Waals surface area contributed by atoms with E-state index >= 15 is 0 Å². The van der Waals surface area contributed by atoms with Gasteiger partial charge in [-0.3, -0.25) is 14.4 Å². The summed E-state index contributed by atoms with van der Waals surface area (Å²) in [7, 11) is 0. The average molecular weight is 421 g/mol. The van der Waals surface area contributed by atoms with E-state index in [0.717, 1.165) is 49.0 Å². The maximum absolute atomic E-state index is 12.9. The number of rotatable bonds is 6. The molecule has 1 aromatic heterocycles. The number of thiophene rings is 1. The first-order chi connectivity index (χ1) is 13.7. The molecular formula is C22H32N2O4S. The van der Waals surface area contributed by atoms with Gasteiger partial charge in [0.1, 0.15) is 5.00 Å². The van der Waals surface area contributed by atoms with Crippen LogP contribution < -0.4 is 11.1 Å². The largest absolute Gasteiger partial charge is 0.481 e. The second kappa shape index (κ2) is 8.46. The minimum Gasteiger partial charge on any atom is -0.481 e. The number of carbonyl (C=O) groups is 3. The van der Waals surface area contributed by atoms with Crippen molar-refractivity contribution in [3.63, 3.8) is 0 Å². The zero-order valence-corrected chi connectivity index (χ0v) is 18.4. The monoisotopic (exact) mass is 420 g/mol. The molecule has 6 nitrogen and oxygen atoms in total. The highest BCUT2D eigenvalue weighted by molar-refractivity contribution is 7.17. The van der Waals surface area contributed by atoms with Gasteiger partial charge >= 0.3 is 5.97 Å². The van der Waals surface area contributed by atoms with Crippen LogP contribution in [0.25, 0.3) is 0 Å². The van der Waals surface area contributed by atoms with E-state index in [0.29, 0.717) is 29.3 Å². The topological polar surface area (TPSA) is 109 Å². The lowest BCUT2D eigenvalue weighted by molar-refractivity contribution is -0.147. The van der Waals surface area contributed by atoms with E-state index < -0.39 is 23.7 Å². The highest BCUT2D eigenvalue weighted by Crippen LogP contribution is 2.45. The standard InChI is InChI=1S/C22H32N2O4S/c1-4-22(2,3)12-9-10-15-16(11-12)29-20(17(15)18(23)25)24-19(26)13-7-5-6-8-14(13)21(27)28/h12-14H,4-11H2,1-3H3,(H2,23,25)(H,24,26)(H,27,28)/t12-,13+,14-/m1/s1. The Bertz CT molecular complexity index is 814. The van der Waals surface area contributed by atoms with Crippen LogP contribution in [-0.4, -0.2) is 22.9 Å². The minimum absolute atomic E-state index is 0.217. The molecule has 160 valence electrons. The van der Waals surface area contributed by atoms with E-state index in [2.05, 4.69) is 26.1 Å². The summed E-state index contributed by atoms with van der Waals surface area (Å²) in [5, 5.41) is 12.9. The van der Waals surface area contributed by atoms with E-state index in [-0.39, 0.29) is 11.3 Å². The molecule has 2 aliphatic carbocycles. The van der Waals surface area contributed by atoms with E-state index in [1.165, 1.54) is 11.3 Å². The van der Waals surface area contributed by atoms with Crippen LogP contribution in [0.2, 0.25) is 0 Å². The SMILES string of the molecule is CCC(C)(C)[C@@H]1CCc2c(sc(NC(=O)[C@H]3CCCC[C@H]3C(=O)O)c2C(N)=O)C1. The summed E-state index contributed by atoms with van der Waals surface area (Å²) in [5.74, 6) is -2.45. The molecule has 1 saturated carbocycles. The molecule has 2 amide bonds. The maximum atomic E-state index is 12.9. The lowest BCUT2D eigenvalue weighted by Crippen LogP contribution is -2.36. The normalized spacial score (nSPS) is 24.6. The molecule has 0 unspecified atom stereocenters. The highest BCUT2D eigenvalue weighted by Gasteiger charge is 2.38. The van der Waals surface area contributed by atoms with Crippen molar-refractivity contribution in [1.29, 1.82) is 0 Å². The summed E-state index contributed by atoms with van der Waals surface area (Å²) in [6.45, 7) is 6.76. The van der Waals surface area contributed by atoms with Crippen molar-refractivity contribution in [3.05, 3.63) is 16.0 Å². The van der Waals surface area contributed by atoms with Crippen molar-refractivity contribution in [2.24, 2.45) is 28.9 Å². The van der Waals surface area contributed by atoms with Gasteiger partial charge in [0.15, 0.2) is 0 Å². The first-order valence-corrected chi connectivity index (χ1v) is 11.4. The molecule has 7 heteroatoms. The van der Waals surface area contributed by atoms with Crippen LogP contribution >= 0.6 is 11.3 Å². The summed E-state index contributed by atoms with van der Waals surface area (Å²) in [6.07, 6.45) is 6.52. The van der Waals surface area contributed by atoms with Gasteiger partial charge in [0, 0.05) is 4.88 Å². The van der Waals surface area contributed by atoms with Gasteiger partial charge in [-0.15, -0.1) is 11.3 Å². The van der Waals surface area contributed by atoms with Crippen molar-refractivity contribution in [3.8, 4) is 0 Å². The molecule has 1 fully saturated rings. The van der Waals surface area contributed by atoms with Crippen molar-refractivity contribution in [2.75, 3.05) is 5.32 Å². The molecule has 0 radical (unpaired) electrons. The molecule has 1 aromatic rings. The summed E-state index contributed by atoms with van der Waals surface area (Å²) in [5.41, 5.74) is 7.30. The molecule has 3 atom stereocenters. The number of hydrogen-bond donors (Lipinski definition) is 3. The molecule has 1 heterocycles. The van der Waals surface area contributed by atoms with Crippen LogP contribution in [0.1, 0.15) is 80.1 Å². The Morgan fingerprint density at radius 3 is 2.41 bits per heavy atom. The van der Waals surface area contributed by atoms with Gasteiger partial charge in [-0.1, -0.05) is 40.0 Å². The van der Waals surface area contributed by atoms with E-state index in [9.17, 15) is 19.5 Å². The molecule has 0 aliphatic heterocycles. The van der Waals surface area contributed by atoms with Gasteiger partial charge in [-0.05, 0) is 49.0 Å². The molecule has 4 N–H and O–H groups in total. The fourth-order valence-corrected chi connectivity index (χ4v) is 6.17. The van der Waals surface area contributed by atoms with Crippen molar-refractivity contribution in [1.82, 2.24) is 0 Å². The molecule has 2 aliphatic rings. The quantitative estimate of drug-likeness (QED) is 0.640. The number of nitrogens with one attached hydrogen (secondary N) is 1. The van der Waals surface area contributed by atoms with Gasteiger partial charge < -0.3 is 16.2 Å². The van der Waals surface area contributed by atoms with Gasteiger partial charge in [0.05, 0.1) is 17.4 Å². The van der Waals surface area contributed by atoms with Gasteiger partial charge in [-0.2, -0.15) is 0 Å². The Morgan fingerprint density at radius 2 is 1.83 bits per heavy atom. The molecular weight excluding hydrogens is 388 g/mol. The minimum atomic E-state index is -0.921. The van der Waals surface area contributed by atoms with Gasteiger partial charge in [0.2, 0.25) is 5.91 Å². The fourth-order valence-electron chi connectivity index (χ4n) is 4.84. The van der Waals surface area contributed by atoms with Crippen LogP contribution in [0.4, 0.5) is 5.00 Å². The van der Waals surface area contributed by atoms with Crippen LogP contribution in [0, 0.1) is 23.2 Å². The number of carbonyl (C=O) groups excluding carboxylic acids is 2. The lowest BCUT2D eigenvalue weighted by Gasteiger charge is -2.36. The summed E-state index contributed by atoms with van der Waals surface area (Å²) >= 11 is 1.44. The molecule has 3 rings (SSSR count). The summed E-state index contributed by atoms with van der Waals surface area (Å²) in [6, 6.07) is 0. The third-order valence-electron chi connectivity index (χ3n) is 7.18. The Balaban J connectivity index is 1.86. The second-order valence-electron chi connectivity index (χ2n) is 9.18. The average Bonchev–Trinajstić information content (AvgIpc) is 3.04. The van der Waals surface area contributed by atoms with Crippen LogP contribution in [0.15, 0.2) is 0 Å². The number of aliphatic carboxylic acids is 1. The number of carboxylic acids is 1. The number of hydrogen-bond acceptors (Lipinski definition) is 4. The lowest BCUT2D eigenvalue weighted by atomic mass is 9.69. The number of fused-ring (bicyclic) bond motifs is 1. The number of primary amides is 1. The van der Waals surface area contributed by atoms with E-state index in [1.807, 2.05) is 0 Å². The van der Waals surface area contributed by atoms with Crippen LogP contribution in [0.3, 0.4) is 0 Å². The predicted molar refractivity (Wildman–Crippen MR) is 114 cm³/mol. The van der Waals surface area contributed by atoms with E-state index in [4.69, 9.17) is 5.73 Å². The van der Waals surface area contributed by atoms with Crippen LogP contribution in [0.5, 0.6) is 0 Å². The summed E-state index contributed by atoms with van der Waals surface area (Å²) in [4.78, 5) is 37.8. The second-order valence-corrected chi connectivity index (χ2v) is 10.3. The Kier molecular flexibility index (Phi) is 6.36. The first kappa shape index (κ1) is 21.8. The van der Waals surface area contributed by atoms with Crippen molar-refractivity contribution in [2.45, 2.75) is 72.1 Å². The van der Waals surface area contributed by atoms with Gasteiger partial charge in [0.25, 0.3) is 5.91 Å². The Labute approximate surface area is 176 Å². The number of anilines is 1. The zero-order valence-electron chi connectivity index (χ0n) is 17.5. The number of nitrogens with two attached hydrogens (primary N) is 1. The predicted octanol–water partition coefficient (Wildman–Crippen LogP) is 4.22. The zero-order chi connectivity index (χ0) is 21.3. The molecule has 0 spiro atoms. The first-order valence-electron chi connectivity index (χ1n) is 10.6. The smallest absolute Gasteiger partial charge is 0.307 e. The number of carboxylic acid groups (broad SMARTS) is 1. The third-order valence-corrected chi connectivity index (χ3v) is 8.35. The number of amides is 2. The maximum Gasteiger partial charge on any atom is 0.307 e. The van der Waals surface area contributed by atoms with E-state index in [1.54, 1.807) is 0 Å². The van der Waals surface area contributed by atoms with Crippen molar-refractivity contribution >= 4 is 34.1 Å². The fraction of sp³-hybridized carbons (Fsp3) is 0.682. The highest BCUT2D eigenvalue weighted by atomic mass is 32.1. The van der Waals surface area contributed by atoms with Crippen LogP contribution in [-0.2, 0) is 22.4 Å².